The molecule has 10 heteroatoms. The lowest BCUT2D eigenvalue weighted by Crippen LogP contribution is -2.14. The van der Waals surface area contributed by atoms with Gasteiger partial charge in [0.25, 0.3) is 10.0 Å². The highest BCUT2D eigenvalue weighted by molar-refractivity contribution is 7.92. The van der Waals surface area contributed by atoms with Gasteiger partial charge in [-0.3, -0.25) is 9.82 Å². The van der Waals surface area contributed by atoms with Crippen LogP contribution in [-0.2, 0) is 10.0 Å². The van der Waals surface area contributed by atoms with Gasteiger partial charge < -0.3 is 0 Å². The van der Waals surface area contributed by atoms with E-state index in [1.54, 1.807) is 38.1 Å². The fraction of sp³-hybridized carbons (Fsp3) is 0.333. The van der Waals surface area contributed by atoms with Gasteiger partial charge in [-0.15, -0.1) is 5.10 Å². The minimum atomic E-state index is -3.70. The second-order valence-electron chi connectivity index (χ2n) is 6.12. The lowest BCUT2D eigenvalue weighted by molar-refractivity contribution is 0.600. The van der Waals surface area contributed by atoms with Crippen LogP contribution in [0.3, 0.4) is 0 Å². The number of aromatic nitrogens is 6. The maximum absolute atomic E-state index is 12.6. The normalized spacial score (nSPS) is 14.6. The van der Waals surface area contributed by atoms with Gasteiger partial charge in [0.15, 0.2) is 5.82 Å². The van der Waals surface area contributed by atoms with E-state index in [1.807, 2.05) is 4.68 Å². The third kappa shape index (κ3) is 2.88. The van der Waals surface area contributed by atoms with Crippen molar-refractivity contribution in [2.75, 3.05) is 4.72 Å². The summed E-state index contributed by atoms with van der Waals surface area (Å²) in [5, 5.41) is 18.4. The predicted molar refractivity (Wildman–Crippen MR) is 90.4 cm³/mol. The molecule has 25 heavy (non-hydrogen) atoms. The van der Waals surface area contributed by atoms with Gasteiger partial charge in [0.1, 0.15) is 4.90 Å². The zero-order valence-electron chi connectivity index (χ0n) is 13.8. The molecule has 0 atom stereocenters. The molecule has 0 bridgehead atoms. The molecule has 9 nitrogen and oxygen atoms in total. The van der Waals surface area contributed by atoms with Crippen LogP contribution in [0, 0.1) is 13.8 Å². The molecule has 1 aromatic carbocycles. The topological polar surface area (TPSA) is 118 Å². The van der Waals surface area contributed by atoms with Crippen molar-refractivity contribution < 1.29 is 8.42 Å². The molecule has 0 saturated heterocycles. The summed E-state index contributed by atoms with van der Waals surface area (Å²) in [5.74, 6) is 0.693. The maximum atomic E-state index is 12.6. The lowest BCUT2D eigenvalue weighted by atomic mass is 10.2. The summed E-state index contributed by atoms with van der Waals surface area (Å²) in [6.07, 6.45) is 2.17. The zero-order valence-corrected chi connectivity index (χ0v) is 14.6. The SMILES string of the molecule is Cc1n[nH]c(C)c1S(=O)(=O)Nc1ccc(-c2nnnn2C2CC2)cc1. The van der Waals surface area contributed by atoms with Gasteiger partial charge in [0.2, 0.25) is 0 Å². The zero-order chi connectivity index (χ0) is 17.6. The summed E-state index contributed by atoms with van der Waals surface area (Å²) in [6, 6.07) is 7.37. The van der Waals surface area contributed by atoms with Crippen molar-refractivity contribution >= 4 is 15.7 Å². The summed E-state index contributed by atoms with van der Waals surface area (Å²) in [6.45, 7) is 3.33. The number of sulfonamides is 1. The Bertz CT molecular complexity index is 997. The van der Waals surface area contributed by atoms with E-state index in [2.05, 4.69) is 30.4 Å². The first-order chi connectivity index (χ1) is 12.0. The number of rotatable bonds is 5. The molecule has 2 N–H and O–H groups in total. The number of benzene rings is 1. The molecule has 3 aromatic rings. The number of H-pyrrole nitrogens is 1. The van der Waals surface area contributed by atoms with Crippen molar-refractivity contribution in [2.24, 2.45) is 0 Å². The van der Waals surface area contributed by atoms with Crippen LogP contribution in [0.4, 0.5) is 5.69 Å². The molecule has 1 saturated carbocycles. The van der Waals surface area contributed by atoms with E-state index in [9.17, 15) is 8.42 Å². The summed E-state index contributed by atoms with van der Waals surface area (Å²) < 4.78 is 29.5. The molecule has 130 valence electrons. The highest BCUT2D eigenvalue weighted by Gasteiger charge is 2.28. The Hall–Kier alpha value is -2.75. The van der Waals surface area contributed by atoms with Crippen LogP contribution in [0.1, 0.15) is 30.3 Å². The summed E-state index contributed by atoms with van der Waals surface area (Å²) in [4.78, 5) is 0.175. The fourth-order valence-corrected chi connectivity index (χ4v) is 4.21. The van der Waals surface area contributed by atoms with Crippen molar-refractivity contribution in [3.05, 3.63) is 35.7 Å². The molecule has 0 aliphatic heterocycles. The molecule has 0 radical (unpaired) electrons. The molecular formula is C15H17N7O2S. The Balaban J connectivity index is 1.59. The van der Waals surface area contributed by atoms with Crippen molar-refractivity contribution in [3.8, 4) is 11.4 Å². The molecule has 2 heterocycles. The van der Waals surface area contributed by atoms with Gasteiger partial charge in [-0.05, 0) is 61.4 Å². The van der Waals surface area contributed by atoms with Crippen molar-refractivity contribution in [1.29, 1.82) is 0 Å². The second kappa shape index (κ2) is 5.66. The van der Waals surface area contributed by atoms with Crippen molar-refractivity contribution in [1.82, 2.24) is 30.4 Å². The molecule has 0 amide bonds. The molecule has 1 aliphatic carbocycles. The number of hydrogen-bond donors (Lipinski definition) is 2. The van der Waals surface area contributed by atoms with Crippen LogP contribution in [0.2, 0.25) is 0 Å². The predicted octanol–water partition coefficient (Wildman–Crippen LogP) is 1.82. The molecule has 1 aliphatic rings. The molecule has 1 fully saturated rings. The van der Waals surface area contributed by atoms with Gasteiger partial charge >= 0.3 is 0 Å². The summed E-state index contributed by atoms with van der Waals surface area (Å²) >= 11 is 0. The van der Waals surface area contributed by atoms with E-state index in [0.29, 0.717) is 28.9 Å². The number of nitrogens with zero attached hydrogens (tertiary/aromatic N) is 5. The molecule has 2 aromatic heterocycles. The lowest BCUT2D eigenvalue weighted by Gasteiger charge is -2.09. The minimum absolute atomic E-state index is 0.175. The smallest absolute Gasteiger partial charge is 0.265 e. The Morgan fingerprint density at radius 2 is 1.92 bits per heavy atom. The molecule has 0 spiro atoms. The van der Waals surface area contributed by atoms with Crippen LogP contribution in [0.25, 0.3) is 11.4 Å². The van der Waals surface area contributed by atoms with Crippen LogP contribution in [-0.4, -0.2) is 38.8 Å². The maximum Gasteiger partial charge on any atom is 0.265 e. The quantitative estimate of drug-likeness (QED) is 0.717. The summed E-state index contributed by atoms with van der Waals surface area (Å²) in [5.41, 5.74) is 2.25. The third-order valence-corrected chi connectivity index (χ3v) is 5.75. The fourth-order valence-electron chi connectivity index (χ4n) is 2.78. The number of tetrazole rings is 1. The van der Waals surface area contributed by atoms with Gasteiger partial charge in [-0.25, -0.2) is 13.1 Å². The van der Waals surface area contributed by atoms with Gasteiger partial charge in [0, 0.05) is 11.3 Å². The third-order valence-electron chi connectivity index (χ3n) is 4.11. The molecule has 4 rings (SSSR count). The van der Waals surface area contributed by atoms with E-state index >= 15 is 0 Å². The first-order valence-corrected chi connectivity index (χ1v) is 9.37. The molecular weight excluding hydrogens is 342 g/mol. The highest BCUT2D eigenvalue weighted by atomic mass is 32.2. The van der Waals surface area contributed by atoms with Crippen molar-refractivity contribution in [3.63, 3.8) is 0 Å². The standard InChI is InChI=1S/C15H17N7O2S/c1-9-14(10(2)17-16-9)25(23,24)19-12-5-3-11(4-6-12)15-18-20-21-22(15)13-7-8-13/h3-6,13,19H,7-8H2,1-2H3,(H,16,17). The first-order valence-electron chi connectivity index (χ1n) is 7.88. The number of nitrogens with one attached hydrogen (secondary N) is 2. The Morgan fingerprint density at radius 1 is 1.20 bits per heavy atom. The van der Waals surface area contributed by atoms with E-state index in [1.165, 1.54) is 0 Å². The van der Waals surface area contributed by atoms with Crippen LogP contribution < -0.4 is 4.72 Å². The minimum Gasteiger partial charge on any atom is -0.281 e. The second-order valence-corrected chi connectivity index (χ2v) is 7.74. The largest absolute Gasteiger partial charge is 0.281 e. The Labute approximate surface area is 144 Å². The van der Waals surface area contributed by atoms with Crippen LogP contribution >= 0.6 is 0 Å². The van der Waals surface area contributed by atoms with E-state index in [4.69, 9.17) is 0 Å². The van der Waals surface area contributed by atoms with Crippen LogP contribution in [0.5, 0.6) is 0 Å². The van der Waals surface area contributed by atoms with E-state index in [-0.39, 0.29) is 4.90 Å². The monoisotopic (exact) mass is 359 g/mol. The summed E-state index contributed by atoms with van der Waals surface area (Å²) in [7, 11) is -3.70. The molecule has 0 unspecified atom stereocenters. The van der Waals surface area contributed by atoms with E-state index < -0.39 is 10.0 Å². The first kappa shape index (κ1) is 15.8. The Morgan fingerprint density at radius 3 is 2.52 bits per heavy atom. The van der Waals surface area contributed by atoms with Gasteiger partial charge in [-0.2, -0.15) is 5.10 Å². The van der Waals surface area contributed by atoms with Gasteiger partial charge in [-0.1, -0.05) is 0 Å². The average Bonchev–Trinajstić information content (AvgIpc) is 3.19. The van der Waals surface area contributed by atoms with Gasteiger partial charge in [0.05, 0.1) is 17.4 Å². The number of anilines is 1. The number of aryl methyl sites for hydroxylation is 2. The highest BCUT2D eigenvalue weighted by Crippen LogP contribution is 2.36. The van der Waals surface area contributed by atoms with E-state index in [0.717, 1.165) is 18.4 Å². The number of aromatic amines is 1. The Kier molecular flexibility index (Phi) is 3.57. The van der Waals surface area contributed by atoms with Crippen molar-refractivity contribution in [2.45, 2.75) is 37.6 Å². The average molecular weight is 359 g/mol. The van der Waals surface area contributed by atoms with Crippen LogP contribution in [0.15, 0.2) is 29.2 Å². The number of hydrogen-bond acceptors (Lipinski definition) is 6.